The minimum atomic E-state index is 0.0461. The summed E-state index contributed by atoms with van der Waals surface area (Å²) in [6.45, 7) is 3.08. The molecule has 3 nitrogen and oxygen atoms in total. The standard InChI is InChI=1S/C16H18N2O/c1-14-8-11-18(12-9-14)13-16(19)17-10-7-15-5-3-2-4-6-15/h2-6,8-9,11-12H,7,10,13H2,1H3/p+1. The molecule has 3 heteroatoms. The van der Waals surface area contributed by atoms with E-state index < -0.39 is 0 Å². The van der Waals surface area contributed by atoms with Gasteiger partial charge in [-0.25, -0.2) is 0 Å². The predicted molar refractivity (Wildman–Crippen MR) is 74.5 cm³/mol. The zero-order valence-electron chi connectivity index (χ0n) is 11.2. The van der Waals surface area contributed by atoms with Gasteiger partial charge in [0.1, 0.15) is 0 Å². The van der Waals surface area contributed by atoms with E-state index in [9.17, 15) is 4.79 Å². The monoisotopic (exact) mass is 255 g/mol. The van der Waals surface area contributed by atoms with Gasteiger partial charge in [0, 0.05) is 18.7 Å². The Morgan fingerprint density at radius 1 is 1.11 bits per heavy atom. The summed E-state index contributed by atoms with van der Waals surface area (Å²) in [4.78, 5) is 11.8. The maximum Gasteiger partial charge on any atom is 0.285 e. The zero-order valence-corrected chi connectivity index (χ0v) is 11.2. The number of pyridine rings is 1. The highest BCUT2D eigenvalue weighted by Gasteiger charge is 2.07. The van der Waals surface area contributed by atoms with Gasteiger partial charge in [0.15, 0.2) is 12.4 Å². The van der Waals surface area contributed by atoms with E-state index in [4.69, 9.17) is 0 Å². The molecular weight excluding hydrogens is 236 g/mol. The number of carbonyl (C=O) groups is 1. The molecule has 2 rings (SSSR count). The van der Waals surface area contributed by atoms with Gasteiger partial charge in [-0.1, -0.05) is 30.3 Å². The van der Waals surface area contributed by atoms with Crippen LogP contribution in [0.4, 0.5) is 0 Å². The molecule has 0 aliphatic heterocycles. The fourth-order valence-electron chi connectivity index (χ4n) is 1.85. The fourth-order valence-corrected chi connectivity index (χ4v) is 1.85. The highest BCUT2D eigenvalue weighted by atomic mass is 16.1. The van der Waals surface area contributed by atoms with Crippen molar-refractivity contribution in [3.63, 3.8) is 0 Å². The Labute approximate surface area is 113 Å². The lowest BCUT2D eigenvalue weighted by Gasteiger charge is -2.03. The van der Waals surface area contributed by atoms with Crippen molar-refractivity contribution in [2.75, 3.05) is 6.54 Å². The van der Waals surface area contributed by atoms with Crippen LogP contribution in [-0.4, -0.2) is 12.5 Å². The molecule has 1 amide bonds. The van der Waals surface area contributed by atoms with Crippen molar-refractivity contribution in [1.29, 1.82) is 0 Å². The Balaban J connectivity index is 1.74. The molecule has 0 saturated carbocycles. The van der Waals surface area contributed by atoms with Gasteiger partial charge >= 0.3 is 0 Å². The molecular formula is C16H19N2O+. The maximum absolute atomic E-state index is 11.8. The second-order valence-electron chi connectivity index (χ2n) is 4.63. The topological polar surface area (TPSA) is 33.0 Å². The fraction of sp³-hybridized carbons (Fsp3) is 0.250. The summed E-state index contributed by atoms with van der Waals surface area (Å²) in [5.74, 6) is 0.0461. The van der Waals surface area contributed by atoms with E-state index in [-0.39, 0.29) is 5.91 Å². The number of benzene rings is 1. The van der Waals surface area contributed by atoms with Crippen molar-refractivity contribution >= 4 is 5.91 Å². The molecule has 0 aliphatic rings. The van der Waals surface area contributed by atoms with Gasteiger partial charge in [0.25, 0.3) is 5.91 Å². The van der Waals surface area contributed by atoms with E-state index in [2.05, 4.69) is 17.4 Å². The SMILES string of the molecule is Cc1cc[n+](CC(=O)NCCc2ccccc2)cc1. The highest BCUT2D eigenvalue weighted by molar-refractivity contribution is 5.74. The van der Waals surface area contributed by atoms with Gasteiger partial charge < -0.3 is 5.32 Å². The third kappa shape index (κ3) is 4.54. The number of aromatic nitrogens is 1. The lowest BCUT2D eigenvalue weighted by Crippen LogP contribution is -2.42. The summed E-state index contributed by atoms with van der Waals surface area (Å²) in [6, 6.07) is 14.2. The molecule has 1 N–H and O–H groups in total. The Morgan fingerprint density at radius 3 is 2.47 bits per heavy atom. The van der Waals surface area contributed by atoms with E-state index in [1.165, 1.54) is 11.1 Å². The normalized spacial score (nSPS) is 10.2. The van der Waals surface area contributed by atoms with Gasteiger partial charge in [0.05, 0.1) is 0 Å². The number of aryl methyl sites for hydroxylation is 1. The Morgan fingerprint density at radius 2 is 1.79 bits per heavy atom. The summed E-state index contributed by atoms with van der Waals surface area (Å²) < 4.78 is 1.88. The van der Waals surface area contributed by atoms with Crippen LogP contribution in [0, 0.1) is 6.92 Å². The molecule has 0 radical (unpaired) electrons. The first-order chi connectivity index (χ1) is 9.24. The van der Waals surface area contributed by atoms with Crippen molar-refractivity contribution in [2.24, 2.45) is 0 Å². The zero-order chi connectivity index (χ0) is 13.5. The van der Waals surface area contributed by atoms with Crippen LogP contribution >= 0.6 is 0 Å². The second-order valence-corrected chi connectivity index (χ2v) is 4.63. The molecule has 0 spiro atoms. The number of hydrogen-bond acceptors (Lipinski definition) is 1. The molecule has 19 heavy (non-hydrogen) atoms. The molecule has 1 aromatic carbocycles. The lowest BCUT2D eigenvalue weighted by atomic mass is 10.1. The highest BCUT2D eigenvalue weighted by Crippen LogP contribution is 1.98. The molecule has 0 fully saturated rings. The smallest absolute Gasteiger partial charge is 0.285 e. The Kier molecular flexibility index (Phi) is 4.67. The Hall–Kier alpha value is -2.16. The molecule has 0 saturated heterocycles. The first-order valence-electron chi connectivity index (χ1n) is 6.50. The van der Waals surface area contributed by atoms with E-state index in [0.717, 1.165) is 6.42 Å². The van der Waals surface area contributed by atoms with Gasteiger partial charge in [-0.05, 0) is 24.5 Å². The first-order valence-corrected chi connectivity index (χ1v) is 6.50. The second kappa shape index (κ2) is 6.69. The number of amides is 1. The van der Waals surface area contributed by atoms with Crippen molar-refractivity contribution in [1.82, 2.24) is 5.32 Å². The lowest BCUT2D eigenvalue weighted by molar-refractivity contribution is -0.684. The number of rotatable bonds is 5. The number of carbonyl (C=O) groups excluding carboxylic acids is 1. The van der Waals surface area contributed by atoms with Crippen molar-refractivity contribution in [2.45, 2.75) is 19.9 Å². The third-order valence-electron chi connectivity index (χ3n) is 2.96. The minimum absolute atomic E-state index is 0.0461. The van der Waals surface area contributed by atoms with Crippen molar-refractivity contribution in [3.8, 4) is 0 Å². The molecule has 0 aliphatic carbocycles. The van der Waals surface area contributed by atoms with Crippen LogP contribution in [0.15, 0.2) is 54.9 Å². The summed E-state index contributed by atoms with van der Waals surface area (Å²) in [7, 11) is 0. The summed E-state index contributed by atoms with van der Waals surface area (Å²) in [5, 5.41) is 2.93. The molecule has 98 valence electrons. The van der Waals surface area contributed by atoms with Crippen LogP contribution in [0.5, 0.6) is 0 Å². The average Bonchev–Trinajstić information content (AvgIpc) is 2.43. The molecule has 1 heterocycles. The molecule has 2 aromatic rings. The largest absolute Gasteiger partial charge is 0.350 e. The van der Waals surface area contributed by atoms with Crippen LogP contribution in [0.2, 0.25) is 0 Å². The maximum atomic E-state index is 11.8. The molecule has 1 aromatic heterocycles. The van der Waals surface area contributed by atoms with Gasteiger partial charge in [-0.3, -0.25) is 4.79 Å². The van der Waals surface area contributed by atoms with Crippen molar-refractivity contribution < 1.29 is 9.36 Å². The van der Waals surface area contributed by atoms with Crippen LogP contribution in [0.3, 0.4) is 0 Å². The van der Waals surface area contributed by atoms with Gasteiger partial charge in [-0.15, -0.1) is 0 Å². The average molecular weight is 255 g/mol. The minimum Gasteiger partial charge on any atom is -0.350 e. The summed E-state index contributed by atoms with van der Waals surface area (Å²) >= 11 is 0. The van der Waals surface area contributed by atoms with E-state index in [1.807, 2.05) is 54.2 Å². The van der Waals surface area contributed by atoms with Crippen LogP contribution in [0.1, 0.15) is 11.1 Å². The van der Waals surface area contributed by atoms with Crippen LogP contribution < -0.4 is 9.88 Å². The summed E-state index contributed by atoms with van der Waals surface area (Å²) in [5.41, 5.74) is 2.44. The number of nitrogens with zero attached hydrogens (tertiary/aromatic N) is 1. The van der Waals surface area contributed by atoms with Gasteiger partial charge in [-0.2, -0.15) is 4.57 Å². The van der Waals surface area contributed by atoms with E-state index in [1.54, 1.807) is 0 Å². The summed E-state index contributed by atoms with van der Waals surface area (Å²) in [6.07, 6.45) is 4.71. The molecule has 0 unspecified atom stereocenters. The quantitative estimate of drug-likeness (QED) is 0.810. The van der Waals surface area contributed by atoms with Gasteiger partial charge in [0.2, 0.25) is 6.54 Å². The van der Waals surface area contributed by atoms with E-state index in [0.29, 0.717) is 13.1 Å². The van der Waals surface area contributed by atoms with Crippen LogP contribution in [0.25, 0.3) is 0 Å². The number of nitrogens with one attached hydrogen (secondary N) is 1. The molecule has 0 atom stereocenters. The predicted octanol–water partition coefficient (Wildman–Crippen LogP) is 1.64. The van der Waals surface area contributed by atoms with E-state index >= 15 is 0 Å². The Bertz CT molecular complexity index is 520. The third-order valence-corrected chi connectivity index (χ3v) is 2.96. The first kappa shape index (κ1) is 13.3. The molecule has 0 bridgehead atoms. The number of hydrogen-bond donors (Lipinski definition) is 1. The van der Waals surface area contributed by atoms with Crippen LogP contribution in [-0.2, 0) is 17.8 Å². The van der Waals surface area contributed by atoms with Crippen molar-refractivity contribution in [3.05, 3.63) is 66.0 Å².